The molecule has 5 heteroatoms. The van der Waals surface area contributed by atoms with Crippen LogP contribution in [0.3, 0.4) is 0 Å². The molecule has 0 unspecified atom stereocenters. The monoisotopic (exact) mass is 492 g/mol. The molecule has 1 N–H and O–H groups in total. The molecule has 0 bridgehead atoms. The van der Waals surface area contributed by atoms with E-state index in [4.69, 9.17) is 14.2 Å². The summed E-state index contributed by atoms with van der Waals surface area (Å²) < 4.78 is 12.2. The first-order valence-corrected chi connectivity index (χ1v) is 13.1. The van der Waals surface area contributed by atoms with Crippen molar-refractivity contribution in [2.24, 2.45) is 0 Å². The Bertz CT molecular complexity index is 1490. The quantitative estimate of drug-likeness (QED) is 0.276. The van der Waals surface area contributed by atoms with Gasteiger partial charge in [0, 0.05) is 34.2 Å². The Morgan fingerprint density at radius 3 is 2.54 bits per heavy atom. The number of aliphatic hydroxyl groups excluding tert-OH is 1. The third-order valence-corrected chi connectivity index (χ3v) is 7.67. The molecule has 1 aliphatic heterocycles. The standard InChI is InChI=1S/C32H32N2O3/c1-18-6-5-7-19(2)29(18)31-26(32(37-34-31)22-8-9-22)14-12-25-13-15-27-30(33-25)20(3)16-24-11-10-23(21(4)35)17-28(24)36-27/h5-7,10-11,13,15,17,20,22,35H,4,8-9,12,14,16H2,1-3H3/t20-/m0/s1. The van der Waals surface area contributed by atoms with Crippen molar-refractivity contribution in [2.75, 3.05) is 0 Å². The summed E-state index contributed by atoms with van der Waals surface area (Å²) in [6, 6.07) is 16.2. The molecule has 188 valence electrons. The van der Waals surface area contributed by atoms with Gasteiger partial charge in [-0.25, -0.2) is 0 Å². The molecule has 2 aromatic carbocycles. The molecule has 0 spiro atoms. The summed E-state index contributed by atoms with van der Waals surface area (Å²) in [7, 11) is 0. The Morgan fingerprint density at radius 2 is 1.81 bits per heavy atom. The van der Waals surface area contributed by atoms with E-state index in [-0.39, 0.29) is 11.7 Å². The van der Waals surface area contributed by atoms with Crippen LogP contribution in [0, 0.1) is 13.8 Å². The van der Waals surface area contributed by atoms with E-state index in [9.17, 15) is 5.11 Å². The van der Waals surface area contributed by atoms with Gasteiger partial charge in [-0.05, 0) is 80.8 Å². The van der Waals surface area contributed by atoms with Gasteiger partial charge in [-0.1, -0.05) is 49.0 Å². The number of nitrogens with zero attached hydrogens (tertiary/aromatic N) is 2. The predicted molar refractivity (Wildman–Crippen MR) is 145 cm³/mol. The summed E-state index contributed by atoms with van der Waals surface area (Å²) in [6.07, 6.45) is 4.81. The van der Waals surface area contributed by atoms with Gasteiger partial charge < -0.3 is 14.4 Å². The number of fused-ring (bicyclic) bond motifs is 2. The van der Waals surface area contributed by atoms with E-state index in [1.807, 2.05) is 24.3 Å². The Morgan fingerprint density at radius 1 is 1.03 bits per heavy atom. The van der Waals surface area contributed by atoms with Crippen molar-refractivity contribution in [1.82, 2.24) is 10.1 Å². The van der Waals surface area contributed by atoms with Crippen molar-refractivity contribution in [3.05, 3.63) is 100 Å². The highest BCUT2D eigenvalue weighted by Crippen LogP contribution is 2.45. The number of ether oxygens (including phenoxy) is 1. The average molecular weight is 493 g/mol. The van der Waals surface area contributed by atoms with E-state index < -0.39 is 0 Å². The Hall–Kier alpha value is -3.86. The largest absolute Gasteiger partial charge is 0.508 e. The van der Waals surface area contributed by atoms with Gasteiger partial charge >= 0.3 is 0 Å². The van der Waals surface area contributed by atoms with Crippen LogP contribution in [0.1, 0.15) is 76.6 Å². The van der Waals surface area contributed by atoms with Crippen molar-refractivity contribution in [2.45, 2.75) is 64.7 Å². The van der Waals surface area contributed by atoms with Crippen LogP contribution in [0.5, 0.6) is 11.5 Å². The molecule has 1 atom stereocenters. The predicted octanol–water partition coefficient (Wildman–Crippen LogP) is 8.00. The van der Waals surface area contributed by atoms with E-state index in [1.54, 1.807) is 0 Å². The van der Waals surface area contributed by atoms with Crippen LogP contribution in [-0.4, -0.2) is 15.2 Å². The summed E-state index contributed by atoms with van der Waals surface area (Å²) in [5, 5.41) is 14.4. The minimum Gasteiger partial charge on any atom is -0.508 e. The van der Waals surface area contributed by atoms with Crippen molar-refractivity contribution >= 4 is 5.76 Å². The highest BCUT2D eigenvalue weighted by Gasteiger charge is 2.33. The van der Waals surface area contributed by atoms with E-state index in [0.717, 1.165) is 59.2 Å². The lowest BCUT2D eigenvalue weighted by Crippen LogP contribution is -2.04. The van der Waals surface area contributed by atoms with Crippen molar-refractivity contribution < 1.29 is 14.4 Å². The average Bonchev–Trinajstić information content (AvgIpc) is 3.65. The van der Waals surface area contributed by atoms with Gasteiger partial charge in [0.2, 0.25) is 0 Å². The normalized spacial score (nSPS) is 16.5. The molecule has 1 saturated carbocycles. The minimum absolute atomic E-state index is 0.0388. The van der Waals surface area contributed by atoms with Crippen LogP contribution in [0.25, 0.3) is 17.0 Å². The van der Waals surface area contributed by atoms with Crippen LogP contribution < -0.4 is 4.74 Å². The summed E-state index contributed by atoms with van der Waals surface area (Å²) in [5.74, 6) is 3.33. The number of hydrogen-bond donors (Lipinski definition) is 1. The number of pyridine rings is 1. The first kappa shape index (κ1) is 23.5. The van der Waals surface area contributed by atoms with Crippen molar-refractivity contribution in [3.8, 4) is 22.8 Å². The van der Waals surface area contributed by atoms with E-state index in [0.29, 0.717) is 11.5 Å². The maximum atomic E-state index is 9.82. The molecular weight excluding hydrogens is 460 g/mol. The second-order valence-corrected chi connectivity index (χ2v) is 10.6. The minimum atomic E-state index is 0.0388. The lowest BCUT2D eigenvalue weighted by Gasteiger charge is -2.13. The van der Waals surface area contributed by atoms with Gasteiger partial charge in [0.15, 0.2) is 0 Å². The summed E-state index contributed by atoms with van der Waals surface area (Å²) in [5.41, 5.74) is 9.63. The molecule has 4 aromatic rings. The molecule has 1 aliphatic carbocycles. The summed E-state index contributed by atoms with van der Waals surface area (Å²) >= 11 is 0. The third-order valence-electron chi connectivity index (χ3n) is 7.67. The number of aryl methyl sites for hydroxylation is 3. The molecule has 3 heterocycles. The fourth-order valence-corrected chi connectivity index (χ4v) is 5.49. The molecule has 0 saturated heterocycles. The Balaban J connectivity index is 1.29. The Labute approximate surface area is 217 Å². The topological polar surface area (TPSA) is 68.4 Å². The fourth-order valence-electron chi connectivity index (χ4n) is 5.49. The summed E-state index contributed by atoms with van der Waals surface area (Å²) in [6.45, 7) is 10.1. The maximum absolute atomic E-state index is 9.82. The van der Waals surface area contributed by atoms with Gasteiger partial charge in [0.05, 0.1) is 5.69 Å². The Kier molecular flexibility index (Phi) is 5.86. The number of benzene rings is 2. The molecule has 2 aromatic heterocycles. The van der Waals surface area contributed by atoms with Crippen LogP contribution in [-0.2, 0) is 19.3 Å². The number of aliphatic hydroxyl groups is 1. The van der Waals surface area contributed by atoms with E-state index in [2.05, 4.69) is 56.8 Å². The highest BCUT2D eigenvalue weighted by molar-refractivity contribution is 5.71. The first-order valence-electron chi connectivity index (χ1n) is 13.1. The zero-order valence-electron chi connectivity index (χ0n) is 21.7. The molecule has 5 nitrogen and oxygen atoms in total. The fraction of sp³-hybridized carbons (Fsp3) is 0.312. The zero-order chi connectivity index (χ0) is 25.7. The van der Waals surface area contributed by atoms with Gasteiger partial charge in [-0.15, -0.1) is 0 Å². The lowest BCUT2D eigenvalue weighted by molar-refractivity contribution is 0.384. The number of hydrogen-bond acceptors (Lipinski definition) is 5. The van der Waals surface area contributed by atoms with Gasteiger partial charge in [0.1, 0.15) is 28.7 Å². The first-order chi connectivity index (χ1) is 17.9. The van der Waals surface area contributed by atoms with Gasteiger partial charge in [-0.2, -0.15) is 0 Å². The second-order valence-electron chi connectivity index (χ2n) is 10.6. The van der Waals surface area contributed by atoms with Crippen molar-refractivity contribution in [1.29, 1.82) is 0 Å². The maximum Gasteiger partial charge on any atom is 0.149 e. The van der Waals surface area contributed by atoms with Crippen LogP contribution in [0.4, 0.5) is 0 Å². The second kappa shape index (κ2) is 9.22. The number of aromatic nitrogens is 2. The molecule has 6 rings (SSSR count). The molecule has 37 heavy (non-hydrogen) atoms. The molecular formula is C32H32N2O3. The van der Waals surface area contributed by atoms with Crippen LogP contribution >= 0.6 is 0 Å². The molecule has 2 aliphatic rings. The van der Waals surface area contributed by atoms with Crippen LogP contribution in [0.2, 0.25) is 0 Å². The number of rotatable bonds is 6. The van der Waals surface area contributed by atoms with E-state index >= 15 is 0 Å². The SMILES string of the molecule is C=C(O)c1ccc2c(c1)Oc1ccc(CCc3c(-c4c(C)cccc4C)noc3C3CC3)nc1[C@@H](C)C2. The van der Waals surface area contributed by atoms with Gasteiger partial charge in [0.25, 0.3) is 0 Å². The van der Waals surface area contributed by atoms with E-state index in [1.165, 1.54) is 35.1 Å². The summed E-state index contributed by atoms with van der Waals surface area (Å²) in [4.78, 5) is 5.08. The smallest absolute Gasteiger partial charge is 0.149 e. The molecule has 0 radical (unpaired) electrons. The molecule has 1 fully saturated rings. The van der Waals surface area contributed by atoms with Gasteiger partial charge in [-0.3, -0.25) is 4.98 Å². The third kappa shape index (κ3) is 4.43. The zero-order valence-corrected chi connectivity index (χ0v) is 21.7. The lowest BCUT2D eigenvalue weighted by atomic mass is 9.93. The van der Waals surface area contributed by atoms with Crippen molar-refractivity contribution in [3.63, 3.8) is 0 Å². The molecule has 0 amide bonds. The highest BCUT2D eigenvalue weighted by atomic mass is 16.5. The van der Waals surface area contributed by atoms with Crippen LogP contribution in [0.15, 0.2) is 59.6 Å².